The van der Waals surface area contributed by atoms with Crippen LogP contribution in [0.4, 0.5) is 0 Å². The van der Waals surface area contributed by atoms with Crippen LogP contribution in [0.25, 0.3) is 5.69 Å². The van der Waals surface area contributed by atoms with Crippen LogP contribution in [0.15, 0.2) is 60.8 Å². The number of nitrogens with zero attached hydrogens (tertiary/aromatic N) is 3. The molecule has 0 aliphatic carbocycles. The Morgan fingerprint density at radius 1 is 1.04 bits per heavy atom. The van der Waals surface area contributed by atoms with Crippen LogP contribution in [-0.4, -0.2) is 20.1 Å². The van der Waals surface area contributed by atoms with Gasteiger partial charge in [-0.1, -0.05) is 47.7 Å². The Labute approximate surface area is 140 Å². The number of aliphatic hydroxyl groups is 1. The van der Waals surface area contributed by atoms with Gasteiger partial charge in [-0.05, 0) is 30.2 Å². The van der Waals surface area contributed by atoms with E-state index >= 15 is 0 Å². The molecule has 0 aliphatic rings. The third-order valence-corrected chi connectivity index (χ3v) is 4.90. The summed E-state index contributed by atoms with van der Waals surface area (Å²) < 4.78 is 1.81. The van der Waals surface area contributed by atoms with Gasteiger partial charge in [-0.15, -0.1) is 16.9 Å². The molecule has 0 spiro atoms. The monoisotopic (exact) mass is 325 g/mol. The molecule has 0 fully saturated rings. The Balaban J connectivity index is 1.62. The average Bonchev–Trinajstić information content (AvgIpc) is 3.11. The van der Waals surface area contributed by atoms with Gasteiger partial charge in [-0.2, -0.15) is 0 Å². The molecule has 0 saturated carbocycles. The lowest BCUT2D eigenvalue weighted by atomic mass is 10.2. The number of hydrogen-bond donors (Lipinski definition) is 1. The zero-order valence-electron chi connectivity index (χ0n) is 13.0. The van der Waals surface area contributed by atoms with Gasteiger partial charge in [0.25, 0.3) is 0 Å². The molecule has 1 unspecified atom stereocenters. The molecule has 1 N–H and O–H groups in total. The van der Waals surface area contributed by atoms with Crippen LogP contribution in [0.2, 0.25) is 0 Å². The number of benzene rings is 2. The predicted molar refractivity (Wildman–Crippen MR) is 93.4 cm³/mol. The first-order valence-electron chi connectivity index (χ1n) is 7.54. The highest BCUT2D eigenvalue weighted by molar-refractivity contribution is 7.98. The molecule has 1 heterocycles. The van der Waals surface area contributed by atoms with E-state index in [4.69, 9.17) is 5.11 Å². The number of aliphatic hydroxyl groups excluding tert-OH is 1. The number of aromatic nitrogens is 3. The van der Waals surface area contributed by atoms with Crippen LogP contribution >= 0.6 is 11.8 Å². The Morgan fingerprint density at radius 2 is 1.74 bits per heavy atom. The van der Waals surface area contributed by atoms with E-state index < -0.39 is 0 Å². The summed E-state index contributed by atoms with van der Waals surface area (Å²) >= 11 is 1.83. The molecule has 118 valence electrons. The molecule has 0 saturated heterocycles. The summed E-state index contributed by atoms with van der Waals surface area (Å²) in [6.07, 6.45) is 1.99. The van der Waals surface area contributed by atoms with E-state index in [1.165, 1.54) is 5.56 Å². The van der Waals surface area contributed by atoms with E-state index in [0.29, 0.717) is 0 Å². The van der Waals surface area contributed by atoms with Crippen LogP contribution in [0.1, 0.15) is 29.0 Å². The van der Waals surface area contributed by atoms with Crippen molar-refractivity contribution in [3.8, 4) is 5.69 Å². The zero-order valence-corrected chi connectivity index (χ0v) is 13.8. The van der Waals surface area contributed by atoms with Gasteiger partial charge in [0, 0.05) is 11.0 Å². The van der Waals surface area contributed by atoms with Gasteiger partial charge in [0.2, 0.25) is 0 Å². The molecule has 5 heteroatoms. The predicted octanol–water partition coefficient (Wildman–Crippen LogP) is 3.75. The molecule has 3 rings (SSSR count). The van der Waals surface area contributed by atoms with E-state index in [1.807, 2.05) is 65.1 Å². The molecule has 4 nitrogen and oxygen atoms in total. The summed E-state index contributed by atoms with van der Waals surface area (Å²) in [4.78, 5) is 0. The maximum Gasteiger partial charge on any atom is 0.0958 e. The smallest absolute Gasteiger partial charge is 0.0958 e. The zero-order chi connectivity index (χ0) is 16.1. The van der Waals surface area contributed by atoms with Crippen molar-refractivity contribution in [2.24, 2.45) is 0 Å². The minimum Gasteiger partial charge on any atom is -0.392 e. The highest BCUT2D eigenvalue weighted by atomic mass is 32.2. The van der Waals surface area contributed by atoms with Crippen LogP contribution in [0.5, 0.6) is 0 Å². The topological polar surface area (TPSA) is 50.9 Å². The number of para-hydroxylation sites is 1. The van der Waals surface area contributed by atoms with Gasteiger partial charge in [-0.3, -0.25) is 0 Å². The number of rotatable bonds is 6. The van der Waals surface area contributed by atoms with Crippen molar-refractivity contribution in [2.75, 3.05) is 0 Å². The van der Waals surface area contributed by atoms with Crippen molar-refractivity contribution in [1.29, 1.82) is 0 Å². The lowest BCUT2D eigenvalue weighted by molar-refractivity contribution is 0.282. The summed E-state index contributed by atoms with van der Waals surface area (Å²) in [7, 11) is 0. The van der Waals surface area contributed by atoms with Gasteiger partial charge < -0.3 is 5.11 Å². The Hall–Kier alpha value is -2.11. The summed E-state index contributed by atoms with van der Waals surface area (Å²) in [5.41, 5.74) is 4.18. The average molecular weight is 325 g/mol. The first-order valence-corrected chi connectivity index (χ1v) is 8.59. The van der Waals surface area contributed by atoms with E-state index in [9.17, 15) is 0 Å². The standard InChI is InChI=1S/C18H19N3OS/c1-14(23-13-16-9-7-15(12-22)8-10-16)18-11-21(20-19-18)17-5-3-2-4-6-17/h2-11,14,22H,12-13H2,1H3. The molecule has 3 aromatic rings. The Bertz CT molecular complexity index is 740. The van der Waals surface area contributed by atoms with Gasteiger partial charge in [0.15, 0.2) is 0 Å². The van der Waals surface area contributed by atoms with Crippen molar-refractivity contribution in [3.05, 3.63) is 77.6 Å². The van der Waals surface area contributed by atoms with E-state index in [2.05, 4.69) is 29.4 Å². The lowest BCUT2D eigenvalue weighted by Gasteiger charge is -2.08. The van der Waals surface area contributed by atoms with E-state index in [1.54, 1.807) is 0 Å². The highest BCUT2D eigenvalue weighted by Gasteiger charge is 2.11. The minimum absolute atomic E-state index is 0.0897. The van der Waals surface area contributed by atoms with Gasteiger partial charge in [0.05, 0.1) is 24.2 Å². The third kappa shape index (κ3) is 4.00. The SMILES string of the molecule is CC(SCc1ccc(CO)cc1)c1cn(-c2ccccc2)nn1. The molecule has 1 atom stereocenters. The molecule has 23 heavy (non-hydrogen) atoms. The summed E-state index contributed by atoms with van der Waals surface area (Å²) in [5, 5.41) is 17.8. The number of hydrogen-bond acceptors (Lipinski definition) is 4. The first kappa shape index (κ1) is 15.8. The van der Waals surface area contributed by atoms with Gasteiger partial charge in [0.1, 0.15) is 0 Å². The number of thioether (sulfide) groups is 1. The molecule has 2 aromatic carbocycles. The third-order valence-electron chi connectivity index (χ3n) is 3.65. The Kier molecular flexibility index (Phi) is 5.10. The largest absolute Gasteiger partial charge is 0.392 e. The summed E-state index contributed by atoms with van der Waals surface area (Å²) in [5.74, 6) is 0.908. The molecule has 0 amide bonds. The lowest BCUT2D eigenvalue weighted by Crippen LogP contribution is -1.93. The molecule has 0 radical (unpaired) electrons. The van der Waals surface area contributed by atoms with Gasteiger partial charge >= 0.3 is 0 Å². The van der Waals surface area contributed by atoms with Crippen LogP contribution < -0.4 is 0 Å². The normalized spacial score (nSPS) is 12.3. The molecular weight excluding hydrogens is 306 g/mol. The van der Waals surface area contributed by atoms with Crippen LogP contribution in [0, 0.1) is 0 Å². The quantitative estimate of drug-likeness (QED) is 0.750. The fourth-order valence-corrected chi connectivity index (χ4v) is 3.13. The minimum atomic E-state index is 0.0897. The van der Waals surface area contributed by atoms with E-state index in [-0.39, 0.29) is 11.9 Å². The van der Waals surface area contributed by atoms with Crippen LogP contribution in [0.3, 0.4) is 0 Å². The fourth-order valence-electron chi connectivity index (χ4n) is 2.22. The van der Waals surface area contributed by atoms with Crippen molar-refractivity contribution in [2.45, 2.75) is 24.5 Å². The molecule has 0 bridgehead atoms. The summed E-state index contributed by atoms with van der Waals surface area (Å²) in [6, 6.07) is 18.0. The van der Waals surface area contributed by atoms with Crippen molar-refractivity contribution in [3.63, 3.8) is 0 Å². The molecular formula is C18H19N3OS. The Morgan fingerprint density at radius 3 is 2.43 bits per heavy atom. The molecule has 1 aromatic heterocycles. The fraction of sp³-hybridized carbons (Fsp3) is 0.222. The van der Waals surface area contributed by atoms with Gasteiger partial charge in [-0.25, -0.2) is 4.68 Å². The van der Waals surface area contributed by atoms with Crippen molar-refractivity contribution >= 4 is 11.8 Å². The van der Waals surface area contributed by atoms with Crippen molar-refractivity contribution < 1.29 is 5.11 Å². The molecule has 0 aliphatic heterocycles. The summed E-state index contributed by atoms with van der Waals surface area (Å²) in [6.45, 7) is 2.23. The maximum atomic E-state index is 9.07. The van der Waals surface area contributed by atoms with Crippen molar-refractivity contribution in [1.82, 2.24) is 15.0 Å². The maximum absolute atomic E-state index is 9.07. The second-order valence-electron chi connectivity index (χ2n) is 5.35. The van der Waals surface area contributed by atoms with Crippen LogP contribution in [-0.2, 0) is 12.4 Å². The van der Waals surface area contributed by atoms with E-state index in [0.717, 1.165) is 22.7 Å². The highest BCUT2D eigenvalue weighted by Crippen LogP contribution is 2.29. The second kappa shape index (κ2) is 7.44. The second-order valence-corrected chi connectivity index (χ2v) is 6.68. The first-order chi connectivity index (χ1) is 11.3.